The van der Waals surface area contributed by atoms with Gasteiger partial charge in [0.05, 0.1) is 6.54 Å². The van der Waals surface area contributed by atoms with Gasteiger partial charge in [-0.2, -0.15) is 0 Å². The van der Waals surface area contributed by atoms with Gasteiger partial charge in [0, 0.05) is 19.0 Å². The van der Waals surface area contributed by atoms with E-state index in [4.69, 9.17) is 9.72 Å². The van der Waals surface area contributed by atoms with E-state index in [0.717, 1.165) is 22.3 Å². The third-order valence-corrected chi connectivity index (χ3v) is 6.80. The summed E-state index contributed by atoms with van der Waals surface area (Å²) in [6.45, 7) is 7.77. The molecule has 5 rings (SSSR count). The molecule has 1 saturated heterocycles. The van der Waals surface area contributed by atoms with Crippen molar-refractivity contribution in [1.29, 1.82) is 0 Å². The van der Waals surface area contributed by atoms with E-state index in [0.29, 0.717) is 49.7 Å². The predicted octanol–water partition coefficient (Wildman–Crippen LogP) is 3.27. The second-order valence-electron chi connectivity index (χ2n) is 9.56. The molecule has 0 atom stereocenters. The second-order valence-corrected chi connectivity index (χ2v) is 9.56. The topological polar surface area (TPSA) is 106 Å². The fraction of sp³-hybridized carbons (Fsp3) is 0.370. The molecular weight excluding hydrogens is 456 g/mol. The molecule has 0 bridgehead atoms. The molecule has 9 nitrogen and oxygen atoms in total. The van der Waals surface area contributed by atoms with E-state index in [2.05, 4.69) is 47.3 Å². The first-order valence-corrected chi connectivity index (χ1v) is 12.2. The van der Waals surface area contributed by atoms with Gasteiger partial charge in [0.25, 0.3) is 11.5 Å². The Bertz CT molecular complexity index is 1470. The van der Waals surface area contributed by atoms with Crippen LogP contribution in [-0.2, 0) is 11.3 Å². The summed E-state index contributed by atoms with van der Waals surface area (Å²) >= 11 is 0. The van der Waals surface area contributed by atoms with Gasteiger partial charge < -0.3 is 14.6 Å². The summed E-state index contributed by atoms with van der Waals surface area (Å²) in [7, 11) is 0. The number of benzene rings is 2. The van der Waals surface area contributed by atoms with Crippen LogP contribution in [0.5, 0.6) is 5.75 Å². The number of hydrogen-bond acceptors (Lipinski definition) is 6. The Kier molecular flexibility index (Phi) is 6.54. The van der Waals surface area contributed by atoms with Crippen molar-refractivity contribution in [2.24, 2.45) is 0 Å². The highest BCUT2D eigenvalue weighted by molar-refractivity contribution is 5.78. The number of carbonyl (C=O) groups excluding carboxylic acids is 1. The maximum absolute atomic E-state index is 12.8. The number of nitrogens with zero attached hydrogens (tertiary/aromatic N) is 5. The van der Waals surface area contributed by atoms with Crippen LogP contribution in [0.25, 0.3) is 11.2 Å². The van der Waals surface area contributed by atoms with Gasteiger partial charge in [-0.1, -0.05) is 41.1 Å². The molecule has 0 radical (unpaired) electrons. The van der Waals surface area contributed by atoms with E-state index in [-0.39, 0.29) is 29.5 Å². The number of amides is 1. The zero-order valence-electron chi connectivity index (χ0n) is 20.8. The van der Waals surface area contributed by atoms with Crippen molar-refractivity contribution in [1.82, 2.24) is 29.9 Å². The van der Waals surface area contributed by atoms with Crippen LogP contribution in [0.4, 0.5) is 0 Å². The number of carbonyl (C=O) groups is 1. The highest BCUT2D eigenvalue weighted by Crippen LogP contribution is 2.26. The van der Waals surface area contributed by atoms with Crippen LogP contribution in [0.3, 0.4) is 0 Å². The summed E-state index contributed by atoms with van der Waals surface area (Å²) < 4.78 is 7.37. The number of ether oxygens (including phenoxy) is 1. The molecule has 1 amide bonds. The number of rotatable bonds is 6. The lowest BCUT2D eigenvalue weighted by Crippen LogP contribution is -2.41. The number of aryl methyl sites for hydroxylation is 3. The Labute approximate surface area is 209 Å². The average Bonchev–Trinajstić information content (AvgIpc) is 3.28. The maximum Gasteiger partial charge on any atom is 0.281 e. The molecule has 186 valence electrons. The number of piperidine rings is 1. The molecule has 0 aliphatic carbocycles. The fourth-order valence-corrected chi connectivity index (χ4v) is 4.66. The van der Waals surface area contributed by atoms with Crippen LogP contribution >= 0.6 is 0 Å². The molecule has 1 N–H and O–H groups in total. The molecule has 9 heteroatoms. The van der Waals surface area contributed by atoms with Crippen LogP contribution < -0.4 is 10.3 Å². The number of hydrogen-bond donors (Lipinski definition) is 1. The third kappa shape index (κ3) is 5.00. The summed E-state index contributed by atoms with van der Waals surface area (Å²) in [5, 5.41) is 8.29. The highest BCUT2D eigenvalue weighted by Gasteiger charge is 2.26. The Morgan fingerprint density at radius 3 is 2.64 bits per heavy atom. The first kappa shape index (κ1) is 23.7. The molecule has 1 aliphatic rings. The van der Waals surface area contributed by atoms with Crippen LogP contribution in [0, 0.1) is 20.8 Å². The van der Waals surface area contributed by atoms with Crippen molar-refractivity contribution in [3.05, 3.63) is 80.9 Å². The van der Waals surface area contributed by atoms with E-state index in [1.807, 2.05) is 36.1 Å². The quantitative estimate of drug-likeness (QED) is 0.448. The monoisotopic (exact) mass is 486 g/mol. The highest BCUT2D eigenvalue weighted by atomic mass is 16.5. The van der Waals surface area contributed by atoms with Crippen LogP contribution in [0.15, 0.2) is 47.3 Å². The summed E-state index contributed by atoms with van der Waals surface area (Å²) in [6.07, 6.45) is 1.42. The minimum atomic E-state index is -0.285. The van der Waals surface area contributed by atoms with Crippen molar-refractivity contribution in [2.45, 2.75) is 46.1 Å². The smallest absolute Gasteiger partial charge is 0.281 e. The molecule has 0 unspecified atom stereocenters. The zero-order chi connectivity index (χ0) is 25.2. The number of likely N-dealkylation sites (tertiary alicyclic amines) is 1. The molecule has 36 heavy (non-hydrogen) atoms. The summed E-state index contributed by atoms with van der Waals surface area (Å²) in [4.78, 5) is 34.9. The molecule has 2 aromatic heterocycles. The number of fused-ring (bicyclic) bond motifs is 1. The minimum Gasteiger partial charge on any atom is -0.484 e. The van der Waals surface area contributed by atoms with Crippen molar-refractivity contribution >= 4 is 17.1 Å². The lowest BCUT2D eigenvalue weighted by Gasteiger charge is -2.31. The number of aromatic amines is 1. The van der Waals surface area contributed by atoms with Gasteiger partial charge in [0.2, 0.25) is 0 Å². The third-order valence-electron chi connectivity index (χ3n) is 6.80. The molecule has 3 heterocycles. The maximum atomic E-state index is 12.8. The molecule has 0 spiro atoms. The number of H-pyrrole nitrogens is 1. The van der Waals surface area contributed by atoms with E-state index in [9.17, 15) is 9.59 Å². The van der Waals surface area contributed by atoms with E-state index in [1.54, 1.807) is 4.68 Å². The normalized spacial score (nSPS) is 14.4. The largest absolute Gasteiger partial charge is 0.484 e. The van der Waals surface area contributed by atoms with E-state index < -0.39 is 0 Å². The van der Waals surface area contributed by atoms with Crippen molar-refractivity contribution in [2.75, 3.05) is 19.7 Å². The summed E-state index contributed by atoms with van der Waals surface area (Å²) in [5.41, 5.74) is 4.96. The SMILES string of the molecule is Cc1cccc(OCC(=O)N2CCC(c3nc4c(nnn4Cc4cc(C)ccc4C)c(=O)[nH]3)CC2)c1. The lowest BCUT2D eigenvalue weighted by atomic mass is 9.96. The summed E-state index contributed by atoms with van der Waals surface area (Å²) in [6, 6.07) is 13.9. The summed E-state index contributed by atoms with van der Waals surface area (Å²) in [5.74, 6) is 1.33. The fourth-order valence-electron chi connectivity index (χ4n) is 4.66. The molecular formula is C27H30N6O3. The van der Waals surface area contributed by atoms with Gasteiger partial charge in [-0.25, -0.2) is 9.67 Å². The predicted molar refractivity (Wildman–Crippen MR) is 136 cm³/mol. The van der Waals surface area contributed by atoms with Crippen molar-refractivity contribution < 1.29 is 9.53 Å². The molecule has 1 fully saturated rings. The van der Waals surface area contributed by atoms with E-state index in [1.165, 1.54) is 0 Å². The van der Waals surface area contributed by atoms with E-state index >= 15 is 0 Å². The van der Waals surface area contributed by atoms with Crippen LogP contribution in [0.2, 0.25) is 0 Å². The second kappa shape index (κ2) is 9.93. The molecule has 0 saturated carbocycles. The Morgan fingerprint density at radius 2 is 1.86 bits per heavy atom. The Hall–Kier alpha value is -4.01. The van der Waals surface area contributed by atoms with Crippen molar-refractivity contribution in [3.8, 4) is 5.75 Å². The Balaban J connectivity index is 1.27. The van der Waals surface area contributed by atoms with Gasteiger partial charge in [0.1, 0.15) is 11.6 Å². The number of aromatic nitrogens is 5. The Morgan fingerprint density at radius 1 is 1.08 bits per heavy atom. The standard InChI is InChI=1S/C27H30N6O3/c1-17-5-4-6-22(14-17)36-16-23(34)32-11-9-20(10-12-32)25-28-26-24(27(35)29-25)30-31-33(26)15-21-13-18(2)7-8-19(21)3/h4-8,13-14,20H,9-12,15-16H2,1-3H3,(H,28,29,35). The van der Waals surface area contributed by atoms with Gasteiger partial charge in [-0.15, -0.1) is 5.10 Å². The van der Waals surface area contributed by atoms with Gasteiger partial charge in [-0.3, -0.25) is 9.59 Å². The van der Waals surface area contributed by atoms with Crippen LogP contribution in [0.1, 0.15) is 46.8 Å². The van der Waals surface area contributed by atoms with Gasteiger partial charge in [-0.05, 0) is 62.4 Å². The van der Waals surface area contributed by atoms with Crippen molar-refractivity contribution in [3.63, 3.8) is 0 Å². The minimum absolute atomic E-state index is 0.0123. The first-order chi connectivity index (χ1) is 17.4. The zero-order valence-corrected chi connectivity index (χ0v) is 20.8. The van der Waals surface area contributed by atoms with Crippen LogP contribution in [-0.4, -0.2) is 55.5 Å². The molecule has 4 aromatic rings. The number of nitrogens with one attached hydrogen (secondary N) is 1. The van der Waals surface area contributed by atoms with Gasteiger partial charge in [0.15, 0.2) is 17.8 Å². The van der Waals surface area contributed by atoms with Gasteiger partial charge >= 0.3 is 0 Å². The lowest BCUT2D eigenvalue weighted by molar-refractivity contribution is -0.134. The molecule has 1 aliphatic heterocycles. The first-order valence-electron chi connectivity index (χ1n) is 12.2. The average molecular weight is 487 g/mol. The molecule has 2 aromatic carbocycles.